The van der Waals surface area contributed by atoms with Crippen LogP contribution in [-0.2, 0) is 0 Å². The molecule has 2 heterocycles. The highest BCUT2D eigenvalue weighted by molar-refractivity contribution is 7.99. The van der Waals surface area contributed by atoms with E-state index < -0.39 is 0 Å². The Morgan fingerprint density at radius 3 is 2.89 bits per heavy atom. The zero-order valence-electron chi connectivity index (χ0n) is 9.60. The van der Waals surface area contributed by atoms with Crippen LogP contribution >= 0.6 is 11.8 Å². The van der Waals surface area contributed by atoms with Crippen LogP contribution < -0.4 is 9.47 Å². The number of fused-ring (bicyclic) bond motifs is 2. The van der Waals surface area contributed by atoms with Gasteiger partial charge in [0.2, 0.25) is 0 Å². The molecule has 1 aromatic carbocycles. The largest absolute Gasteiger partial charge is 0.486 e. The maximum atomic E-state index is 8.50. The molecule has 1 aliphatic heterocycles. The van der Waals surface area contributed by atoms with Crippen LogP contribution in [0.15, 0.2) is 17.3 Å². The molecule has 18 heavy (non-hydrogen) atoms. The number of nitrogens with zero attached hydrogens (tertiary/aromatic N) is 2. The van der Waals surface area contributed by atoms with E-state index in [1.54, 1.807) is 11.8 Å². The van der Waals surface area contributed by atoms with Crippen LogP contribution in [0, 0.1) is 11.3 Å². The lowest BCUT2D eigenvalue weighted by Crippen LogP contribution is -2.15. The van der Waals surface area contributed by atoms with Gasteiger partial charge in [0.1, 0.15) is 13.2 Å². The number of hydrogen-bond acceptors (Lipinski definition) is 5. The summed E-state index contributed by atoms with van der Waals surface area (Å²) < 4.78 is 11.0. The van der Waals surface area contributed by atoms with Gasteiger partial charge in [-0.15, -0.1) is 0 Å². The Balaban J connectivity index is 1.89. The van der Waals surface area contributed by atoms with Crippen molar-refractivity contribution in [3.8, 4) is 17.6 Å². The predicted octanol–water partition coefficient (Wildman–Crippen LogP) is 2.34. The fourth-order valence-electron chi connectivity index (χ4n) is 1.78. The summed E-state index contributed by atoms with van der Waals surface area (Å²) in [5.41, 5.74) is 1.79. The number of hydrogen-bond donors (Lipinski definition) is 1. The number of aromatic amines is 1. The van der Waals surface area contributed by atoms with Crippen LogP contribution in [0.5, 0.6) is 11.5 Å². The Bertz CT molecular complexity index is 575. The van der Waals surface area contributed by atoms with Gasteiger partial charge in [0.25, 0.3) is 0 Å². The number of nitriles is 1. The van der Waals surface area contributed by atoms with E-state index in [1.165, 1.54) is 0 Å². The second kappa shape index (κ2) is 4.78. The average Bonchev–Trinajstić information content (AvgIpc) is 2.77. The first-order valence-electron chi connectivity index (χ1n) is 5.66. The van der Waals surface area contributed by atoms with Gasteiger partial charge < -0.3 is 14.5 Å². The zero-order valence-corrected chi connectivity index (χ0v) is 10.4. The van der Waals surface area contributed by atoms with Crippen molar-refractivity contribution in [3.63, 3.8) is 0 Å². The minimum atomic E-state index is 0.518. The number of H-pyrrole nitrogens is 1. The van der Waals surface area contributed by atoms with Gasteiger partial charge >= 0.3 is 0 Å². The highest BCUT2D eigenvalue weighted by Gasteiger charge is 2.14. The molecule has 0 atom stereocenters. The normalized spacial score (nSPS) is 13.5. The fraction of sp³-hybridized carbons (Fsp3) is 0.333. The van der Waals surface area contributed by atoms with E-state index in [0.717, 1.165) is 33.4 Å². The molecule has 0 unspecified atom stereocenters. The van der Waals surface area contributed by atoms with Gasteiger partial charge in [0, 0.05) is 24.3 Å². The lowest BCUT2D eigenvalue weighted by Gasteiger charge is -2.17. The molecule has 0 bridgehead atoms. The van der Waals surface area contributed by atoms with Crippen molar-refractivity contribution in [3.05, 3.63) is 12.1 Å². The molecule has 3 rings (SSSR count). The third-order valence-corrected chi connectivity index (χ3v) is 3.45. The Morgan fingerprint density at radius 1 is 1.33 bits per heavy atom. The van der Waals surface area contributed by atoms with Crippen LogP contribution in [0.1, 0.15) is 6.42 Å². The molecule has 0 spiro atoms. The van der Waals surface area contributed by atoms with Crippen molar-refractivity contribution >= 4 is 22.8 Å². The number of nitrogens with one attached hydrogen (secondary N) is 1. The lowest BCUT2D eigenvalue weighted by molar-refractivity contribution is 0.172. The van der Waals surface area contributed by atoms with Gasteiger partial charge in [-0.3, -0.25) is 0 Å². The molecule has 0 amide bonds. The molecule has 5 nitrogen and oxygen atoms in total. The van der Waals surface area contributed by atoms with Crippen molar-refractivity contribution in [1.29, 1.82) is 5.26 Å². The van der Waals surface area contributed by atoms with E-state index in [0.29, 0.717) is 19.6 Å². The second-order valence-corrected chi connectivity index (χ2v) is 4.90. The van der Waals surface area contributed by atoms with E-state index in [-0.39, 0.29) is 0 Å². The van der Waals surface area contributed by atoms with Crippen molar-refractivity contribution in [2.45, 2.75) is 11.6 Å². The third-order valence-electron chi connectivity index (χ3n) is 2.58. The zero-order chi connectivity index (χ0) is 12.4. The van der Waals surface area contributed by atoms with E-state index >= 15 is 0 Å². The van der Waals surface area contributed by atoms with Gasteiger partial charge in [-0.1, -0.05) is 11.8 Å². The lowest BCUT2D eigenvalue weighted by atomic mass is 10.2. The Labute approximate surface area is 108 Å². The van der Waals surface area contributed by atoms with Crippen molar-refractivity contribution in [2.75, 3.05) is 19.0 Å². The van der Waals surface area contributed by atoms with Crippen LogP contribution in [0.25, 0.3) is 11.0 Å². The van der Waals surface area contributed by atoms with Gasteiger partial charge in [-0.25, -0.2) is 4.98 Å². The second-order valence-electron chi connectivity index (χ2n) is 3.81. The number of aromatic nitrogens is 2. The Morgan fingerprint density at radius 2 is 2.11 bits per heavy atom. The van der Waals surface area contributed by atoms with Crippen LogP contribution in [0.3, 0.4) is 0 Å². The highest BCUT2D eigenvalue weighted by atomic mass is 32.2. The molecular formula is C12H11N3O2S. The van der Waals surface area contributed by atoms with Gasteiger partial charge in [0.05, 0.1) is 17.1 Å². The summed E-state index contributed by atoms with van der Waals surface area (Å²) >= 11 is 1.54. The molecule has 2 aromatic rings. The minimum absolute atomic E-state index is 0.518. The molecule has 1 aromatic heterocycles. The minimum Gasteiger partial charge on any atom is -0.486 e. The predicted molar refractivity (Wildman–Crippen MR) is 68.0 cm³/mol. The number of benzene rings is 1. The summed E-state index contributed by atoms with van der Waals surface area (Å²) in [6, 6.07) is 5.91. The van der Waals surface area contributed by atoms with Crippen molar-refractivity contribution < 1.29 is 9.47 Å². The summed E-state index contributed by atoms with van der Waals surface area (Å²) in [6.45, 7) is 1.16. The molecule has 0 aliphatic carbocycles. The maximum absolute atomic E-state index is 8.50. The number of thioether (sulfide) groups is 1. The summed E-state index contributed by atoms with van der Waals surface area (Å²) in [5.74, 6) is 2.24. The molecule has 1 N–H and O–H groups in total. The van der Waals surface area contributed by atoms with Gasteiger partial charge in [-0.2, -0.15) is 5.26 Å². The van der Waals surface area contributed by atoms with Crippen molar-refractivity contribution in [2.24, 2.45) is 0 Å². The molecule has 0 saturated carbocycles. The Hall–Kier alpha value is -1.87. The smallest absolute Gasteiger partial charge is 0.166 e. The summed E-state index contributed by atoms with van der Waals surface area (Å²) in [4.78, 5) is 7.67. The van der Waals surface area contributed by atoms with Crippen LogP contribution in [0.4, 0.5) is 0 Å². The molecular weight excluding hydrogens is 250 g/mol. The maximum Gasteiger partial charge on any atom is 0.166 e. The first-order valence-corrected chi connectivity index (χ1v) is 6.64. The molecule has 92 valence electrons. The van der Waals surface area contributed by atoms with E-state index in [2.05, 4.69) is 16.0 Å². The molecule has 0 radical (unpaired) electrons. The Kier molecular flexibility index (Phi) is 2.99. The molecule has 0 saturated heterocycles. The first kappa shape index (κ1) is 11.2. The number of rotatable bonds is 3. The van der Waals surface area contributed by atoms with E-state index in [1.807, 2.05) is 12.1 Å². The molecule has 6 heteroatoms. The van der Waals surface area contributed by atoms with E-state index in [9.17, 15) is 0 Å². The van der Waals surface area contributed by atoms with Crippen molar-refractivity contribution in [1.82, 2.24) is 9.97 Å². The SMILES string of the molecule is N#CCCSc1nc2cc3c(cc2[nH]1)OCCO3. The monoisotopic (exact) mass is 261 g/mol. The van der Waals surface area contributed by atoms with Gasteiger partial charge in [-0.05, 0) is 0 Å². The highest BCUT2D eigenvalue weighted by Crippen LogP contribution is 2.34. The summed E-state index contributed by atoms with van der Waals surface area (Å²) in [5, 5.41) is 9.32. The number of imidazole rings is 1. The first-order chi connectivity index (χ1) is 8.86. The number of ether oxygens (including phenoxy) is 2. The summed E-state index contributed by atoms with van der Waals surface area (Å²) in [6.07, 6.45) is 0.518. The van der Waals surface area contributed by atoms with Crippen LogP contribution in [0.2, 0.25) is 0 Å². The average molecular weight is 261 g/mol. The molecule has 0 fully saturated rings. The van der Waals surface area contributed by atoms with Crippen LogP contribution in [-0.4, -0.2) is 28.9 Å². The standard InChI is InChI=1S/C12H11N3O2S/c13-2-1-5-18-12-14-8-6-10-11(7-9(8)15-12)17-4-3-16-10/h6-7H,1,3-5H2,(H,14,15). The quantitative estimate of drug-likeness (QED) is 0.678. The fourth-order valence-corrected chi connectivity index (χ4v) is 2.52. The topological polar surface area (TPSA) is 70.9 Å². The third kappa shape index (κ3) is 2.09. The van der Waals surface area contributed by atoms with Gasteiger partial charge in [0.15, 0.2) is 16.7 Å². The van der Waals surface area contributed by atoms with E-state index in [4.69, 9.17) is 14.7 Å². The summed E-state index contributed by atoms with van der Waals surface area (Å²) in [7, 11) is 0. The molecule has 1 aliphatic rings.